The van der Waals surface area contributed by atoms with Crippen LogP contribution in [-0.4, -0.2) is 53.0 Å². The van der Waals surface area contributed by atoms with Gasteiger partial charge in [0.25, 0.3) is 5.91 Å². The molecule has 2 N–H and O–H groups in total. The number of anilines is 1. The zero-order valence-electron chi connectivity index (χ0n) is 17.0. The number of aromatic nitrogens is 1. The topological polar surface area (TPSA) is 77.7 Å². The molecule has 4 heterocycles. The van der Waals surface area contributed by atoms with Gasteiger partial charge in [-0.25, -0.2) is 9.18 Å². The van der Waals surface area contributed by atoms with Crippen LogP contribution < -0.4 is 5.32 Å². The number of amides is 2. The number of hydrogen-bond donors (Lipinski definition) is 2. The lowest BCUT2D eigenvalue weighted by Crippen LogP contribution is -2.24. The zero-order chi connectivity index (χ0) is 21.1. The van der Waals surface area contributed by atoms with Crippen LogP contribution in [0.5, 0.6) is 0 Å². The van der Waals surface area contributed by atoms with Crippen molar-refractivity contribution in [1.29, 1.82) is 0 Å². The summed E-state index contributed by atoms with van der Waals surface area (Å²) in [4.78, 5) is 31.5. The van der Waals surface area contributed by atoms with Crippen molar-refractivity contribution in [2.75, 3.05) is 31.6 Å². The van der Waals surface area contributed by atoms with Crippen LogP contribution in [-0.2, 0) is 22.6 Å². The predicted octanol–water partition coefficient (Wildman–Crippen LogP) is 3.05. The molecule has 6 rings (SSSR count). The molecule has 4 aliphatic rings. The molecule has 2 amide bonds. The van der Waals surface area contributed by atoms with Crippen molar-refractivity contribution in [2.45, 2.75) is 19.5 Å². The lowest BCUT2D eigenvalue weighted by molar-refractivity contribution is -0.110. The first-order chi connectivity index (χ1) is 15.0. The van der Waals surface area contributed by atoms with Crippen molar-refractivity contribution < 1.29 is 18.7 Å². The van der Waals surface area contributed by atoms with E-state index in [9.17, 15) is 14.0 Å². The Hall–Kier alpha value is -3.13. The van der Waals surface area contributed by atoms with Crippen molar-refractivity contribution in [3.63, 3.8) is 0 Å². The van der Waals surface area contributed by atoms with Crippen molar-refractivity contribution in [1.82, 2.24) is 14.8 Å². The lowest BCUT2D eigenvalue weighted by atomic mass is 10.0. The van der Waals surface area contributed by atoms with Crippen LogP contribution in [0.4, 0.5) is 14.9 Å². The minimum Gasteiger partial charge on any atom is -0.448 e. The summed E-state index contributed by atoms with van der Waals surface area (Å²) in [6.45, 7) is 4.13. The predicted molar refractivity (Wildman–Crippen MR) is 112 cm³/mol. The highest BCUT2D eigenvalue weighted by molar-refractivity contribution is 6.34. The Balaban J connectivity index is 1.24. The number of H-pyrrole nitrogens is 1. The third kappa shape index (κ3) is 3.40. The van der Waals surface area contributed by atoms with Crippen LogP contribution in [0.15, 0.2) is 24.4 Å². The average molecular weight is 422 g/mol. The molecule has 1 saturated carbocycles. The summed E-state index contributed by atoms with van der Waals surface area (Å²) in [5, 5.41) is 2.74. The molecule has 1 aromatic heterocycles. The molecule has 8 heteroatoms. The molecule has 0 spiro atoms. The Morgan fingerprint density at radius 1 is 1.16 bits per heavy atom. The Labute approximate surface area is 178 Å². The zero-order valence-corrected chi connectivity index (χ0v) is 17.0. The Kier molecular flexibility index (Phi) is 4.17. The third-order valence-electron chi connectivity index (χ3n) is 6.70. The van der Waals surface area contributed by atoms with Crippen LogP contribution in [0.25, 0.3) is 11.6 Å². The van der Waals surface area contributed by atoms with E-state index in [1.54, 1.807) is 12.1 Å². The first-order valence-electron chi connectivity index (χ1n) is 10.7. The quantitative estimate of drug-likeness (QED) is 0.726. The molecular formula is C23H23FN4O3. The van der Waals surface area contributed by atoms with Crippen LogP contribution in [0.3, 0.4) is 0 Å². The maximum atomic E-state index is 14.6. The fraction of sp³-hybridized carbons (Fsp3) is 0.391. The number of ether oxygens (including phenoxy) is 1. The molecule has 2 aromatic rings. The van der Waals surface area contributed by atoms with Gasteiger partial charge in [-0.15, -0.1) is 0 Å². The monoisotopic (exact) mass is 422 g/mol. The van der Waals surface area contributed by atoms with Gasteiger partial charge in [-0.1, -0.05) is 0 Å². The lowest BCUT2D eigenvalue weighted by Gasteiger charge is -2.15. The van der Waals surface area contributed by atoms with E-state index < -0.39 is 11.9 Å². The number of carbonyl (C=O) groups excluding carboxylic acids is 2. The minimum absolute atomic E-state index is 0.115. The van der Waals surface area contributed by atoms with Gasteiger partial charge < -0.3 is 19.9 Å². The second kappa shape index (κ2) is 6.95. The second-order valence-corrected chi connectivity index (χ2v) is 8.95. The highest BCUT2D eigenvalue weighted by atomic mass is 19.1. The van der Waals surface area contributed by atoms with Gasteiger partial charge in [0.05, 0.1) is 24.4 Å². The van der Waals surface area contributed by atoms with E-state index in [0.29, 0.717) is 35.5 Å². The number of carbonyl (C=O) groups is 2. The molecule has 3 aliphatic heterocycles. The smallest absolute Gasteiger partial charge is 0.410 e. The van der Waals surface area contributed by atoms with Gasteiger partial charge in [0.15, 0.2) is 0 Å². The number of nitrogens with one attached hydrogen (secondary N) is 2. The summed E-state index contributed by atoms with van der Waals surface area (Å²) >= 11 is 0. The summed E-state index contributed by atoms with van der Waals surface area (Å²) in [6, 6.07) is 5.04. The van der Waals surface area contributed by atoms with E-state index >= 15 is 0 Å². The first-order valence-corrected chi connectivity index (χ1v) is 10.7. The normalized spacial score (nSPS) is 25.7. The fourth-order valence-electron chi connectivity index (χ4n) is 4.97. The van der Waals surface area contributed by atoms with E-state index in [1.807, 2.05) is 6.20 Å². The largest absolute Gasteiger partial charge is 0.448 e. The number of nitrogens with zero attached hydrogens (tertiary/aromatic N) is 2. The number of benzene rings is 1. The Morgan fingerprint density at radius 2 is 2.00 bits per heavy atom. The average Bonchev–Trinajstić information content (AvgIpc) is 3.13. The minimum atomic E-state index is -0.453. The second-order valence-electron chi connectivity index (χ2n) is 8.95. The number of fused-ring (bicyclic) bond motifs is 2. The van der Waals surface area contributed by atoms with Gasteiger partial charge in [-0.2, -0.15) is 0 Å². The molecule has 3 fully saturated rings. The van der Waals surface area contributed by atoms with E-state index in [-0.39, 0.29) is 12.5 Å². The number of hydrogen-bond acceptors (Lipinski definition) is 4. The van der Waals surface area contributed by atoms with Gasteiger partial charge in [-0.05, 0) is 48.1 Å². The van der Waals surface area contributed by atoms with Gasteiger partial charge in [0.1, 0.15) is 12.4 Å². The van der Waals surface area contributed by atoms with Crippen LogP contribution in [0, 0.1) is 17.7 Å². The molecule has 0 bridgehead atoms. The van der Waals surface area contributed by atoms with E-state index in [2.05, 4.69) is 21.3 Å². The van der Waals surface area contributed by atoms with Gasteiger partial charge >= 0.3 is 6.09 Å². The van der Waals surface area contributed by atoms with E-state index in [0.717, 1.165) is 24.1 Å². The summed E-state index contributed by atoms with van der Waals surface area (Å²) < 4.78 is 19.5. The summed E-state index contributed by atoms with van der Waals surface area (Å²) in [5.41, 5.74) is 3.97. The molecule has 2 saturated heterocycles. The number of aromatic amines is 1. The number of cyclic esters (lactones) is 1. The molecule has 31 heavy (non-hydrogen) atoms. The Bertz CT molecular complexity index is 1110. The van der Waals surface area contributed by atoms with Gasteiger partial charge in [0.2, 0.25) is 0 Å². The van der Waals surface area contributed by atoms with Crippen molar-refractivity contribution in [3.05, 3.63) is 52.6 Å². The number of halogens is 1. The maximum absolute atomic E-state index is 14.6. The van der Waals surface area contributed by atoms with Crippen LogP contribution in [0.1, 0.15) is 28.8 Å². The standard InChI is InChI=1S/C23H23FN4O3/c24-20-7-21-18(5-16(20)12-28-1-2-31-23(28)30)19(22(29)26-21)6-17-3-13(8-25-17)9-27-10-14-4-15(14)11-27/h3,5-8,14-15,25H,1-2,4,9-12H2,(H,26,29)/t14-,15+. The molecule has 1 aliphatic carbocycles. The Morgan fingerprint density at radius 3 is 2.77 bits per heavy atom. The van der Waals surface area contributed by atoms with Crippen molar-refractivity contribution in [2.24, 2.45) is 11.8 Å². The van der Waals surface area contributed by atoms with E-state index in [1.165, 1.54) is 36.0 Å². The summed E-state index contributed by atoms with van der Waals surface area (Å²) in [5.74, 6) is 1.08. The number of rotatable bonds is 5. The fourth-order valence-corrected chi connectivity index (χ4v) is 4.97. The van der Waals surface area contributed by atoms with Crippen LogP contribution >= 0.6 is 0 Å². The molecule has 7 nitrogen and oxygen atoms in total. The number of piperidine rings is 1. The van der Waals surface area contributed by atoms with Crippen molar-refractivity contribution >= 4 is 29.3 Å². The third-order valence-corrected chi connectivity index (χ3v) is 6.70. The molecular weight excluding hydrogens is 399 g/mol. The highest BCUT2D eigenvalue weighted by Crippen LogP contribution is 2.45. The molecule has 2 atom stereocenters. The molecule has 1 aromatic carbocycles. The number of likely N-dealkylation sites (tertiary alicyclic amines) is 1. The molecule has 0 radical (unpaired) electrons. The van der Waals surface area contributed by atoms with Gasteiger partial charge in [-0.3, -0.25) is 9.69 Å². The van der Waals surface area contributed by atoms with E-state index in [4.69, 9.17) is 4.74 Å². The summed E-state index contributed by atoms with van der Waals surface area (Å²) in [6.07, 6.45) is 4.73. The molecule has 0 unspecified atom stereocenters. The maximum Gasteiger partial charge on any atom is 0.410 e. The summed E-state index contributed by atoms with van der Waals surface area (Å²) in [7, 11) is 0. The van der Waals surface area contributed by atoms with Crippen molar-refractivity contribution in [3.8, 4) is 0 Å². The molecule has 160 valence electrons. The first kappa shape index (κ1) is 18.6. The van der Waals surface area contributed by atoms with Gasteiger partial charge in [0, 0.05) is 42.7 Å². The van der Waals surface area contributed by atoms with Crippen LogP contribution in [0.2, 0.25) is 0 Å². The highest BCUT2D eigenvalue weighted by Gasteiger charge is 2.44. The SMILES string of the molecule is O=C1Nc2cc(F)c(CN3CCOC3=O)cc2C1=Cc1cc(CN2C[C@H]3C[C@H]3C2)c[nH]1.